The molecule has 5 heteroatoms. The highest BCUT2D eigenvalue weighted by molar-refractivity contribution is 5.94. The van der Waals surface area contributed by atoms with E-state index in [-0.39, 0.29) is 5.91 Å². The topological polar surface area (TPSA) is 56.1 Å². The second-order valence-electron chi connectivity index (χ2n) is 4.03. The predicted octanol–water partition coefficient (Wildman–Crippen LogP) is 1.05. The van der Waals surface area contributed by atoms with Gasteiger partial charge in [0.05, 0.1) is 25.0 Å². The van der Waals surface area contributed by atoms with Crippen LogP contribution in [0.3, 0.4) is 0 Å². The van der Waals surface area contributed by atoms with Gasteiger partial charge in [0.2, 0.25) is 0 Å². The summed E-state index contributed by atoms with van der Waals surface area (Å²) in [6.07, 6.45) is 1.57. The monoisotopic (exact) mass is 237 g/mol. The van der Waals surface area contributed by atoms with Crippen LogP contribution in [0, 0.1) is 6.92 Å². The molecule has 0 aliphatic heterocycles. The fourth-order valence-corrected chi connectivity index (χ4v) is 1.30. The van der Waals surface area contributed by atoms with Crippen molar-refractivity contribution in [3.63, 3.8) is 0 Å². The van der Waals surface area contributed by atoms with Gasteiger partial charge in [0.25, 0.3) is 5.91 Å². The van der Waals surface area contributed by atoms with E-state index >= 15 is 0 Å². The first-order valence-corrected chi connectivity index (χ1v) is 5.51. The largest absolute Gasteiger partial charge is 0.375 e. The second kappa shape index (κ2) is 6.20. The number of nitrogens with one attached hydrogen (secondary N) is 1. The maximum atomic E-state index is 11.7. The summed E-state index contributed by atoms with van der Waals surface area (Å²) >= 11 is 0. The van der Waals surface area contributed by atoms with Crippen molar-refractivity contribution in [3.05, 3.63) is 29.6 Å². The first-order valence-electron chi connectivity index (χ1n) is 5.51. The van der Waals surface area contributed by atoms with Gasteiger partial charge in [0.15, 0.2) is 0 Å². The summed E-state index contributed by atoms with van der Waals surface area (Å²) in [6, 6.07) is 0. The number of hydrogen-bond donors (Lipinski definition) is 1. The number of rotatable bonds is 6. The summed E-state index contributed by atoms with van der Waals surface area (Å²) in [4.78, 5) is 11.7. The van der Waals surface area contributed by atoms with Crippen molar-refractivity contribution in [3.8, 4) is 0 Å². The Morgan fingerprint density at radius 2 is 2.35 bits per heavy atom. The van der Waals surface area contributed by atoms with Crippen LogP contribution >= 0.6 is 0 Å². The van der Waals surface area contributed by atoms with Crippen LogP contribution in [0.5, 0.6) is 0 Å². The summed E-state index contributed by atoms with van der Waals surface area (Å²) in [5.41, 5.74) is 2.43. The molecule has 1 aromatic rings. The molecular formula is C12H19N3O2. The Kier molecular flexibility index (Phi) is 4.90. The molecule has 1 heterocycles. The highest BCUT2D eigenvalue weighted by Crippen LogP contribution is 2.04. The van der Waals surface area contributed by atoms with Crippen molar-refractivity contribution in [2.24, 2.45) is 7.05 Å². The lowest BCUT2D eigenvalue weighted by Gasteiger charge is -2.06. The molecule has 0 saturated heterocycles. The lowest BCUT2D eigenvalue weighted by Crippen LogP contribution is -2.27. The summed E-state index contributed by atoms with van der Waals surface area (Å²) in [6.45, 7) is 8.99. The Labute approximate surface area is 101 Å². The minimum absolute atomic E-state index is 0.116. The van der Waals surface area contributed by atoms with E-state index in [1.54, 1.807) is 10.9 Å². The van der Waals surface area contributed by atoms with Crippen molar-refractivity contribution in [2.75, 3.05) is 19.8 Å². The van der Waals surface area contributed by atoms with E-state index in [1.807, 2.05) is 20.9 Å². The molecule has 0 saturated carbocycles. The average molecular weight is 237 g/mol. The van der Waals surface area contributed by atoms with Crippen LogP contribution in [0.4, 0.5) is 0 Å². The molecule has 0 aromatic carbocycles. The molecule has 0 atom stereocenters. The molecule has 1 rings (SSSR count). The van der Waals surface area contributed by atoms with Gasteiger partial charge >= 0.3 is 0 Å². The zero-order chi connectivity index (χ0) is 12.8. The molecule has 1 N–H and O–H groups in total. The minimum Gasteiger partial charge on any atom is -0.375 e. The summed E-state index contributed by atoms with van der Waals surface area (Å²) < 4.78 is 6.95. The quantitative estimate of drug-likeness (QED) is 0.594. The molecule has 0 aliphatic rings. The maximum Gasteiger partial charge on any atom is 0.254 e. The van der Waals surface area contributed by atoms with E-state index in [2.05, 4.69) is 17.0 Å². The van der Waals surface area contributed by atoms with Crippen molar-refractivity contribution in [2.45, 2.75) is 13.8 Å². The molecule has 17 heavy (non-hydrogen) atoms. The summed E-state index contributed by atoms with van der Waals surface area (Å²) in [5.74, 6) is -0.116. The second-order valence-corrected chi connectivity index (χ2v) is 4.03. The van der Waals surface area contributed by atoms with E-state index in [4.69, 9.17) is 4.74 Å². The summed E-state index contributed by atoms with van der Waals surface area (Å²) in [5, 5.41) is 6.80. The highest BCUT2D eigenvalue weighted by Gasteiger charge is 2.11. The number of carbonyl (C=O) groups is 1. The molecule has 1 aromatic heterocycles. The molecule has 0 spiro atoms. The first kappa shape index (κ1) is 13.4. The van der Waals surface area contributed by atoms with Gasteiger partial charge < -0.3 is 10.1 Å². The van der Waals surface area contributed by atoms with E-state index in [0.717, 1.165) is 11.3 Å². The third-order valence-electron chi connectivity index (χ3n) is 2.36. The molecule has 0 aliphatic carbocycles. The van der Waals surface area contributed by atoms with Gasteiger partial charge in [-0.3, -0.25) is 9.48 Å². The number of aromatic nitrogens is 2. The van der Waals surface area contributed by atoms with Crippen LogP contribution < -0.4 is 5.32 Å². The molecule has 0 radical (unpaired) electrons. The zero-order valence-electron chi connectivity index (χ0n) is 10.6. The van der Waals surface area contributed by atoms with Crippen LogP contribution in [-0.2, 0) is 11.8 Å². The number of ether oxygens (including phenoxy) is 1. The van der Waals surface area contributed by atoms with E-state index in [1.165, 1.54) is 0 Å². The van der Waals surface area contributed by atoms with Gasteiger partial charge in [-0.05, 0) is 13.8 Å². The molecule has 0 bridgehead atoms. The fourth-order valence-electron chi connectivity index (χ4n) is 1.30. The molecule has 1 amide bonds. The first-order chi connectivity index (χ1) is 8.02. The molecule has 0 fully saturated rings. The van der Waals surface area contributed by atoms with Gasteiger partial charge in [-0.15, -0.1) is 0 Å². The van der Waals surface area contributed by atoms with Crippen LogP contribution in [0.25, 0.3) is 0 Å². The Balaban J connectivity index is 2.31. The van der Waals surface area contributed by atoms with E-state index < -0.39 is 0 Å². The normalized spacial score (nSPS) is 10.3. The van der Waals surface area contributed by atoms with Crippen molar-refractivity contribution in [1.82, 2.24) is 15.1 Å². The van der Waals surface area contributed by atoms with Crippen molar-refractivity contribution in [1.29, 1.82) is 0 Å². The molecule has 0 unspecified atom stereocenters. The Morgan fingerprint density at radius 1 is 1.65 bits per heavy atom. The lowest BCUT2D eigenvalue weighted by molar-refractivity contribution is 0.0926. The standard InChI is InChI=1S/C12H19N3O2/c1-9(2)8-17-6-5-13-12(16)11-7-14-15(4)10(11)3/h7H,1,5-6,8H2,2-4H3,(H,13,16). The third-order valence-corrected chi connectivity index (χ3v) is 2.36. The Hall–Kier alpha value is -1.62. The molecule has 94 valence electrons. The van der Waals surface area contributed by atoms with Gasteiger partial charge in [-0.1, -0.05) is 12.2 Å². The zero-order valence-corrected chi connectivity index (χ0v) is 10.6. The highest BCUT2D eigenvalue weighted by atomic mass is 16.5. The number of amides is 1. The van der Waals surface area contributed by atoms with Gasteiger partial charge in [0.1, 0.15) is 0 Å². The smallest absolute Gasteiger partial charge is 0.254 e. The van der Waals surface area contributed by atoms with E-state index in [9.17, 15) is 4.79 Å². The van der Waals surface area contributed by atoms with Crippen molar-refractivity contribution >= 4 is 5.91 Å². The lowest BCUT2D eigenvalue weighted by atomic mass is 10.2. The van der Waals surface area contributed by atoms with Crippen LogP contribution in [-0.4, -0.2) is 35.4 Å². The third kappa shape index (κ3) is 4.03. The average Bonchev–Trinajstić information content (AvgIpc) is 2.59. The van der Waals surface area contributed by atoms with E-state index in [0.29, 0.717) is 25.3 Å². The Morgan fingerprint density at radius 3 is 2.88 bits per heavy atom. The fraction of sp³-hybridized carbons (Fsp3) is 0.500. The molecule has 5 nitrogen and oxygen atoms in total. The van der Waals surface area contributed by atoms with Crippen LogP contribution in [0.1, 0.15) is 23.0 Å². The number of aryl methyl sites for hydroxylation is 1. The maximum absolute atomic E-state index is 11.7. The Bertz CT molecular complexity index is 410. The predicted molar refractivity (Wildman–Crippen MR) is 65.9 cm³/mol. The SMILES string of the molecule is C=C(C)COCCNC(=O)c1cnn(C)c1C. The summed E-state index contributed by atoms with van der Waals surface area (Å²) in [7, 11) is 1.81. The minimum atomic E-state index is -0.116. The van der Waals surface area contributed by atoms with Crippen LogP contribution in [0.2, 0.25) is 0 Å². The number of nitrogens with zero attached hydrogens (tertiary/aromatic N) is 2. The number of carbonyl (C=O) groups excluding carboxylic acids is 1. The van der Waals surface area contributed by atoms with Gasteiger partial charge in [-0.2, -0.15) is 5.10 Å². The van der Waals surface area contributed by atoms with Crippen LogP contribution in [0.15, 0.2) is 18.3 Å². The van der Waals surface area contributed by atoms with Gasteiger partial charge in [0, 0.05) is 19.3 Å². The van der Waals surface area contributed by atoms with Gasteiger partial charge in [-0.25, -0.2) is 0 Å². The molecular weight excluding hydrogens is 218 g/mol. The van der Waals surface area contributed by atoms with Crippen molar-refractivity contribution < 1.29 is 9.53 Å². The number of hydrogen-bond acceptors (Lipinski definition) is 3.